The van der Waals surface area contributed by atoms with Gasteiger partial charge in [0.2, 0.25) is 0 Å². The van der Waals surface area contributed by atoms with Gasteiger partial charge in [-0.25, -0.2) is 0 Å². The van der Waals surface area contributed by atoms with Crippen molar-refractivity contribution in [2.24, 2.45) is 0 Å². The number of hydrogen-bond donors (Lipinski definition) is 0. The summed E-state index contributed by atoms with van der Waals surface area (Å²) in [5.41, 5.74) is 17.8. The third-order valence-corrected chi connectivity index (χ3v) is 11.3. The largest absolute Gasteiger partial charge is 0.310 e. The van der Waals surface area contributed by atoms with Gasteiger partial charge in [-0.3, -0.25) is 0 Å². The van der Waals surface area contributed by atoms with Gasteiger partial charge in [-0.1, -0.05) is 121 Å². The van der Waals surface area contributed by atoms with Crippen molar-refractivity contribution < 1.29 is 0 Å². The molecule has 1 unspecified atom stereocenters. The van der Waals surface area contributed by atoms with Gasteiger partial charge in [0.1, 0.15) is 0 Å². The number of fused-ring (bicyclic) bond motifs is 13. The summed E-state index contributed by atoms with van der Waals surface area (Å²) in [6, 6.07) is 71.3. The molecule has 2 heteroatoms. The smallest absolute Gasteiger partial charge is 0.0805 e. The SMILES string of the molecule is Cc1ccc2c(c1)C1(c3c#cccc3-2)c2ccccc2-c2ccc(N(c3ccccc3)c3ccc4c(c3)c3ccccc3n4-c3ccccc3)cc21. The molecule has 0 amide bonds. The van der Waals surface area contributed by atoms with Crippen molar-refractivity contribution in [2.45, 2.75) is 12.3 Å². The quantitative estimate of drug-likeness (QED) is 0.182. The lowest BCUT2D eigenvalue weighted by molar-refractivity contribution is 0.793. The summed E-state index contributed by atoms with van der Waals surface area (Å²) in [6.07, 6.45) is 0. The fourth-order valence-electron chi connectivity index (χ4n) is 9.19. The molecule has 2 aliphatic carbocycles. The van der Waals surface area contributed by atoms with Gasteiger partial charge < -0.3 is 9.47 Å². The van der Waals surface area contributed by atoms with E-state index in [9.17, 15) is 0 Å². The van der Waals surface area contributed by atoms with Gasteiger partial charge in [0, 0.05) is 39.1 Å². The van der Waals surface area contributed by atoms with E-state index in [1.165, 1.54) is 71.9 Å². The summed E-state index contributed by atoms with van der Waals surface area (Å²) in [5.74, 6) is 0. The molecule has 0 fully saturated rings. The predicted molar refractivity (Wildman–Crippen MR) is 214 cm³/mol. The van der Waals surface area contributed by atoms with Crippen molar-refractivity contribution in [2.75, 3.05) is 4.90 Å². The fraction of sp³-hybridized carbons (Fsp3) is 0.0400. The average Bonchev–Trinajstić information content (AvgIpc) is 3.80. The van der Waals surface area contributed by atoms with E-state index in [1.54, 1.807) is 0 Å². The molecule has 0 saturated heterocycles. The Kier molecular flexibility index (Phi) is 6.04. The number of aromatic nitrogens is 1. The Morgan fingerprint density at radius 1 is 0.481 bits per heavy atom. The number of nitrogens with zero attached hydrogens (tertiary/aromatic N) is 2. The van der Waals surface area contributed by atoms with E-state index in [0.717, 1.165) is 22.7 Å². The summed E-state index contributed by atoms with van der Waals surface area (Å²) in [5, 5.41) is 2.46. The molecule has 8 aromatic carbocycles. The van der Waals surface area contributed by atoms with Crippen molar-refractivity contribution in [1.82, 2.24) is 4.57 Å². The van der Waals surface area contributed by atoms with Crippen molar-refractivity contribution in [3.05, 3.63) is 216 Å². The second-order valence-electron chi connectivity index (χ2n) is 14.0. The van der Waals surface area contributed by atoms with Crippen LogP contribution in [0.4, 0.5) is 17.1 Å². The predicted octanol–water partition coefficient (Wildman–Crippen LogP) is 12.5. The van der Waals surface area contributed by atoms with Crippen LogP contribution in [0.15, 0.2) is 176 Å². The maximum atomic E-state index is 3.65. The molecule has 0 bridgehead atoms. The van der Waals surface area contributed by atoms with Crippen LogP contribution in [0.25, 0.3) is 49.7 Å². The molecule has 1 atom stereocenters. The molecule has 0 radical (unpaired) electrons. The lowest BCUT2D eigenvalue weighted by Crippen LogP contribution is -2.26. The lowest BCUT2D eigenvalue weighted by atomic mass is 9.70. The molecule has 0 N–H and O–H groups in total. The fourth-order valence-corrected chi connectivity index (χ4v) is 9.19. The topological polar surface area (TPSA) is 8.17 Å². The van der Waals surface area contributed by atoms with Crippen molar-refractivity contribution in [3.8, 4) is 27.9 Å². The highest BCUT2D eigenvalue weighted by Gasteiger charge is 2.52. The minimum absolute atomic E-state index is 0.494. The van der Waals surface area contributed by atoms with Crippen LogP contribution in [0, 0.1) is 19.1 Å². The first-order valence-corrected chi connectivity index (χ1v) is 17.9. The zero-order chi connectivity index (χ0) is 34.4. The van der Waals surface area contributed by atoms with E-state index in [4.69, 9.17) is 0 Å². The molecule has 2 nitrogen and oxygen atoms in total. The van der Waals surface area contributed by atoms with Crippen LogP contribution in [0.3, 0.4) is 0 Å². The van der Waals surface area contributed by atoms with Crippen molar-refractivity contribution in [1.29, 1.82) is 0 Å². The van der Waals surface area contributed by atoms with E-state index < -0.39 is 5.41 Å². The third kappa shape index (κ3) is 3.85. The van der Waals surface area contributed by atoms with Crippen LogP contribution in [0.5, 0.6) is 0 Å². The van der Waals surface area contributed by atoms with Crippen molar-refractivity contribution in [3.63, 3.8) is 0 Å². The van der Waals surface area contributed by atoms with Gasteiger partial charge in [-0.15, -0.1) is 0 Å². The Morgan fingerprint density at radius 3 is 2.02 bits per heavy atom. The molecular formula is C50H32N2. The number of anilines is 3. The Morgan fingerprint density at radius 2 is 1.13 bits per heavy atom. The van der Waals surface area contributed by atoms with E-state index >= 15 is 0 Å². The molecule has 242 valence electrons. The van der Waals surface area contributed by atoms with E-state index in [1.807, 2.05) is 6.07 Å². The minimum atomic E-state index is -0.494. The maximum absolute atomic E-state index is 3.65. The van der Waals surface area contributed by atoms with E-state index in [-0.39, 0.29) is 0 Å². The molecular weight excluding hydrogens is 629 g/mol. The van der Waals surface area contributed by atoms with Crippen LogP contribution in [-0.4, -0.2) is 4.57 Å². The normalized spacial score (nSPS) is 14.9. The van der Waals surface area contributed by atoms with Gasteiger partial charge in [0.15, 0.2) is 0 Å². The maximum Gasteiger partial charge on any atom is 0.0805 e. The minimum Gasteiger partial charge on any atom is -0.310 e. The highest BCUT2D eigenvalue weighted by molar-refractivity contribution is 6.10. The summed E-state index contributed by atoms with van der Waals surface area (Å²) >= 11 is 0. The molecule has 0 aliphatic heterocycles. The number of aryl methyl sites for hydroxylation is 1. The van der Waals surface area contributed by atoms with Gasteiger partial charge in [-0.05, 0) is 119 Å². The molecule has 1 heterocycles. The molecule has 9 aromatic rings. The van der Waals surface area contributed by atoms with Crippen LogP contribution >= 0.6 is 0 Å². The molecule has 2 aliphatic rings. The lowest BCUT2D eigenvalue weighted by Gasteiger charge is -2.31. The summed E-state index contributed by atoms with van der Waals surface area (Å²) in [6.45, 7) is 2.20. The first kappa shape index (κ1) is 29.0. The van der Waals surface area contributed by atoms with Crippen LogP contribution in [0.2, 0.25) is 0 Å². The van der Waals surface area contributed by atoms with Gasteiger partial charge >= 0.3 is 0 Å². The van der Waals surface area contributed by atoms with Crippen LogP contribution < -0.4 is 4.90 Å². The second kappa shape index (κ2) is 10.8. The highest BCUT2D eigenvalue weighted by Crippen LogP contribution is 2.63. The first-order valence-electron chi connectivity index (χ1n) is 17.9. The Labute approximate surface area is 303 Å². The number of hydrogen-bond acceptors (Lipinski definition) is 1. The standard InChI is InChI=1S/C50H32N2/c1-33-24-27-40-38-18-8-11-21-44(38)50(46(40)30-33)45-22-12-9-19-39(45)41-28-25-37(32-47(41)50)51(34-14-4-2-5-15-34)36-26-29-49-43(31-36)42-20-10-13-23-48(42)52(49)35-16-6-3-7-17-35/h2-10,12-20,22-32H,1H3. The zero-order valence-electron chi connectivity index (χ0n) is 28.6. The van der Waals surface area contributed by atoms with E-state index in [2.05, 4.69) is 198 Å². The third-order valence-electron chi connectivity index (χ3n) is 11.3. The Hall–Kier alpha value is -6.82. The summed E-state index contributed by atoms with van der Waals surface area (Å²) in [7, 11) is 0. The molecule has 11 rings (SSSR count). The number of para-hydroxylation sites is 3. The Bertz CT molecular complexity index is 2850. The van der Waals surface area contributed by atoms with Gasteiger partial charge in [0.05, 0.1) is 16.4 Å². The van der Waals surface area contributed by atoms with Crippen LogP contribution in [0.1, 0.15) is 27.8 Å². The van der Waals surface area contributed by atoms with Gasteiger partial charge in [-0.2, -0.15) is 0 Å². The summed E-state index contributed by atoms with van der Waals surface area (Å²) < 4.78 is 2.38. The molecule has 0 saturated carbocycles. The number of rotatable bonds is 4. The number of benzene rings is 7. The van der Waals surface area contributed by atoms with E-state index in [0.29, 0.717) is 0 Å². The van der Waals surface area contributed by atoms with Crippen molar-refractivity contribution >= 4 is 38.9 Å². The first-order chi connectivity index (χ1) is 25.7. The van der Waals surface area contributed by atoms with Gasteiger partial charge in [0.25, 0.3) is 0 Å². The average molecular weight is 661 g/mol. The monoisotopic (exact) mass is 660 g/mol. The Balaban J connectivity index is 1.18. The zero-order valence-corrected chi connectivity index (χ0v) is 28.6. The summed E-state index contributed by atoms with van der Waals surface area (Å²) in [4.78, 5) is 2.42. The molecule has 1 spiro atoms. The molecule has 52 heavy (non-hydrogen) atoms. The highest BCUT2D eigenvalue weighted by atomic mass is 15.1. The second-order valence-corrected chi connectivity index (χ2v) is 14.0. The molecule has 1 aromatic heterocycles. The van der Waals surface area contributed by atoms with Crippen LogP contribution in [-0.2, 0) is 5.41 Å².